The van der Waals surface area contributed by atoms with Crippen LogP contribution in [0.5, 0.6) is 0 Å². The van der Waals surface area contributed by atoms with Gasteiger partial charge in [-0.3, -0.25) is 0 Å². The quantitative estimate of drug-likeness (QED) is 0.212. The molecular formula is H6Na3P. The Hall–Kier alpha value is 3.43. The zero-order valence-electron chi connectivity index (χ0n) is 6.71. The minimum atomic E-state index is 0. The minimum Gasteiger partial charge on any atom is -1.00 e. The molecule has 14 valence electrons. The average Bonchev–Trinajstić information content (AvgIpc) is 0. The maximum absolute atomic E-state index is 0. The van der Waals surface area contributed by atoms with Crippen molar-refractivity contribution in [2.45, 2.75) is 0 Å². The topological polar surface area (TPSA) is 0 Å². The van der Waals surface area contributed by atoms with Crippen LogP contribution in [0.15, 0.2) is 0 Å². The van der Waals surface area contributed by atoms with E-state index in [1.165, 1.54) is 0 Å². The van der Waals surface area contributed by atoms with E-state index in [1.807, 2.05) is 0 Å². The van der Waals surface area contributed by atoms with Gasteiger partial charge in [0, 0.05) is 0 Å². The van der Waals surface area contributed by atoms with Gasteiger partial charge >= 0.3 is 88.7 Å². The van der Waals surface area contributed by atoms with Crippen molar-refractivity contribution in [3.63, 3.8) is 0 Å². The molecule has 0 amide bonds. The second kappa shape index (κ2) is 16.1. The van der Waals surface area contributed by atoms with Crippen molar-refractivity contribution in [1.29, 1.82) is 0 Å². The first kappa shape index (κ1) is 26.1. The van der Waals surface area contributed by atoms with E-state index in [2.05, 4.69) is 0 Å². The van der Waals surface area contributed by atoms with E-state index in [1.54, 1.807) is 0 Å². The summed E-state index contributed by atoms with van der Waals surface area (Å²) in [6.45, 7) is 0. The van der Waals surface area contributed by atoms with Gasteiger partial charge in [-0.05, 0) is 0 Å². The standard InChI is InChI=1S/3Na.H3P.3H/h;;;1H3;;;/q3*+1;;3*-1. The molecule has 4 heavy (non-hydrogen) atoms. The molecule has 0 heterocycles. The first-order valence-electron chi connectivity index (χ1n) is 0. The summed E-state index contributed by atoms with van der Waals surface area (Å²) in [5.74, 6) is 0. The van der Waals surface area contributed by atoms with Crippen molar-refractivity contribution >= 4 is 9.90 Å². The largest absolute Gasteiger partial charge is 1.00 e. The summed E-state index contributed by atoms with van der Waals surface area (Å²) in [7, 11) is 0. The summed E-state index contributed by atoms with van der Waals surface area (Å²) < 4.78 is 0. The van der Waals surface area contributed by atoms with Crippen molar-refractivity contribution in [2.24, 2.45) is 0 Å². The first-order valence-corrected chi connectivity index (χ1v) is 0. The number of rotatable bonds is 0. The van der Waals surface area contributed by atoms with E-state index >= 15 is 0 Å². The van der Waals surface area contributed by atoms with E-state index in [0.717, 1.165) is 0 Å². The first-order chi connectivity index (χ1) is 0. The Kier molecular flexibility index (Phi) is 105. The van der Waals surface area contributed by atoms with E-state index in [-0.39, 0.29) is 103 Å². The summed E-state index contributed by atoms with van der Waals surface area (Å²) in [5.41, 5.74) is 0. The van der Waals surface area contributed by atoms with Crippen LogP contribution in [0.1, 0.15) is 4.28 Å². The molecule has 0 saturated carbocycles. The van der Waals surface area contributed by atoms with Gasteiger partial charge in [-0.2, -0.15) is 9.90 Å². The molecule has 1 unspecified atom stereocenters. The van der Waals surface area contributed by atoms with Crippen LogP contribution in [0.4, 0.5) is 0 Å². The van der Waals surface area contributed by atoms with Crippen molar-refractivity contribution in [3.8, 4) is 0 Å². The smallest absolute Gasteiger partial charge is 1.00 e. The molecule has 0 aromatic rings. The molecule has 0 nitrogen and oxygen atoms in total. The Morgan fingerprint density at radius 2 is 0.750 bits per heavy atom. The molecule has 0 aliphatic heterocycles. The molecule has 0 radical (unpaired) electrons. The van der Waals surface area contributed by atoms with Crippen LogP contribution in [0, 0.1) is 0 Å². The zero-order chi connectivity index (χ0) is 0. The van der Waals surface area contributed by atoms with Gasteiger partial charge in [0.05, 0.1) is 0 Å². The Bertz CT molecular complexity index is 10.1. The maximum Gasteiger partial charge on any atom is 1.00 e. The second-order valence-corrected chi connectivity index (χ2v) is 0. The fourth-order valence-electron chi connectivity index (χ4n) is 0. The molecule has 0 spiro atoms. The normalized spacial score (nSPS) is 0. The van der Waals surface area contributed by atoms with E-state index in [9.17, 15) is 0 Å². The summed E-state index contributed by atoms with van der Waals surface area (Å²) in [6.07, 6.45) is 0. The molecule has 0 aromatic carbocycles. The van der Waals surface area contributed by atoms with Crippen molar-refractivity contribution in [3.05, 3.63) is 0 Å². The van der Waals surface area contributed by atoms with E-state index in [4.69, 9.17) is 0 Å². The van der Waals surface area contributed by atoms with Crippen molar-refractivity contribution in [1.82, 2.24) is 0 Å². The monoisotopic (exact) mass is 106 g/mol. The molecule has 0 aliphatic carbocycles. The third-order valence-corrected chi connectivity index (χ3v) is 0. The third-order valence-electron chi connectivity index (χ3n) is 0. The van der Waals surface area contributed by atoms with Crippen LogP contribution >= 0.6 is 9.90 Å². The van der Waals surface area contributed by atoms with Crippen molar-refractivity contribution < 1.29 is 93.0 Å². The number of hydrogen-bond acceptors (Lipinski definition) is 0. The molecule has 4 heteroatoms. The van der Waals surface area contributed by atoms with Gasteiger partial charge in [0.15, 0.2) is 0 Å². The molecular weight excluding hydrogens is 99.9 g/mol. The Balaban J connectivity index is 0. The predicted octanol–water partition coefficient (Wildman–Crippen LogP) is -8.59. The Labute approximate surface area is 101 Å². The van der Waals surface area contributed by atoms with Gasteiger partial charge in [0.2, 0.25) is 0 Å². The van der Waals surface area contributed by atoms with Gasteiger partial charge in [-0.25, -0.2) is 0 Å². The molecule has 0 N–H and O–H groups in total. The summed E-state index contributed by atoms with van der Waals surface area (Å²) in [6, 6.07) is 0. The molecule has 0 rings (SSSR count). The fourth-order valence-corrected chi connectivity index (χ4v) is 0. The Morgan fingerprint density at radius 1 is 0.750 bits per heavy atom. The minimum absolute atomic E-state index is 0. The van der Waals surface area contributed by atoms with Crippen molar-refractivity contribution in [2.75, 3.05) is 0 Å². The third kappa shape index (κ3) is 9.06. The maximum atomic E-state index is 0. The fraction of sp³-hybridized carbons (Fsp3) is 0. The summed E-state index contributed by atoms with van der Waals surface area (Å²) in [4.78, 5) is 0. The van der Waals surface area contributed by atoms with Gasteiger partial charge in [-0.15, -0.1) is 0 Å². The van der Waals surface area contributed by atoms with E-state index < -0.39 is 0 Å². The van der Waals surface area contributed by atoms with Gasteiger partial charge in [0.1, 0.15) is 0 Å². The number of hydrogen-bond donors (Lipinski definition) is 0. The average molecular weight is 106 g/mol. The van der Waals surface area contributed by atoms with Crippen LogP contribution in [-0.4, -0.2) is 0 Å². The van der Waals surface area contributed by atoms with Gasteiger partial charge in [-0.1, -0.05) is 0 Å². The molecule has 0 aromatic heterocycles. The van der Waals surface area contributed by atoms with Crippen LogP contribution in [0.25, 0.3) is 0 Å². The molecule has 0 saturated heterocycles. The predicted molar refractivity (Wildman–Crippen MR) is 14.4 cm³/mol. The van der Waals surface area contributed by atoms with Crippen LogP contribution < -0.4 is 88.7 Å². The zero-order valence-corrected chi connectivity index (χ0v) is 11.1. The van der Waals surface area contributed by atoms with Crippen LogP contribution in [-0.2, 0) is 0 Å². The van der Waals surface area contributed by atoms with Gasteiger partial charge < -0.3 is 4.28 Å². The SMILES string of the molecule is P.[H-].[H-].[H-].[Na+].[Na+].[Na+]. The molecule has 0 fully saturated rings. The molecule has 0 aliphatic rings. The summed E-state index contributed by atoms with van der Waals surface area (Å²) in [5, 5.41) is 0. The second-order valence-electron chi connectivity index (χ2n) is 0. The Morgan fingerprint density at radius 3 is 0.750 bits per heavy atom. The van der Waals surface area contributed by atoms with Crippen LogP contribution in [0.3, 0.4) is 0 Å². The van der Waals surface area contributed by atoms with Crippen LogP contribution in [0.2, 0.25) is 0 Å². The molecule has 1 atom stereocenters. The summed E-state index contributed by atoms with van der Waals surface area (Å²) >= 11 is 0. The molecule has 0 bridgehead atoms. The van der Waals surface area contributed by atoms with Gasteiger partial charge in [0.25, 0.3) is 0 Å². The van der Waals surface area contributed by atoms with E-state index in [0.29, 0.717) is 0 Å².